The summed E-state index contributed by atoms with van der Waals surface area (Å²) in [6.07, 6.45) is 0. The molecule has 0 aliphatic carbocycles. The average molecular weight is 381 g/mol. The van der Waals surface area contributed by atoms with E-state index >= 15 is 0 Å². The fraction of sp³-hybridized carbons (Fsp3) is 0.333. The van der Waals surface area contributed by atoms with Crippen molar-refractivity contribution in [3.63, 3.8) is 0 Å². The first-order valence-corrected chi connectivity index (χ1v) is 10.3. The summed E-state index contributed by atoms with van der Waals surface area (Å²) in [6, 6.07) is 13.8. The average Bonchev–Trinajstić information content (AvgIpc) is 2.62. The second-order valence-electron chi connectivity index (χ2n) is 6.20. The van der Waals surface area contributed by atoms with Crippen LogP contribution in [0.25, 0.3) is 0 Å². The van der Waals surface area contributed by atoms with E-state index < -0.39 is 10.0 Å². The van der Waals surface area contributed by atoms with Crippen molar-refractivity contribution in [2.45, 2.75) is 11.8 Å². The van der Waals surface area contributed by atoms with Crippen LogP contribution in [0.2, 0.25) is 5.02 Å². The van der Waals surface area contributed by atoms with Gasteiger partial charge in [0.2, 0.25) is 0 Å². The third-order valence-electron chi connectivity index (χ3n) is 4.56. The highest BCUT2D eigenvalue weighted by Crippen LogP contribution is 2.22. The van der Waals surface area contributed by atoms with Crippen molar-refractivity contribution < 1.29 is 13.3 Å². The molecule has 0 spiro atoms. The Morgan fingerprint density at radius 3 is 2.40 bits per heavy atom. The zero-order chi connectivity index (χ0) is 17.9. The van der Waals surface area contributed by atoms with Crippen LogP contribution in [0.15, 0.2) is 53.4 Å². The molecule has 1 aliphatic rings. The first kappa shape index (κ1) is 18.0. The lowest BCUT2D eigenvalue weighted by Gasteiger charge is -2.33. The Morgan fingerprint density at radius 1 is 1.12 bits per heavy atom. The minimum absolute atomic E-state index is 0.155. The monoisotopic (exact) mass is 380 g/mol. The number of hydrogen-bond donors (Lipinski definition) is 2. The largest absolute Gasteiger partial charge is 0.360 e. The van der Waals surface area contributed by atoms with Gasteiger partial charge in [0.1, 0.15) is 0 Å². The topological polar surface area (TPSA) is 53.9 Å². The highest BCUT2D eigenvalue weighted by atomic mass is 35.5. The summed E-state index contributed by atoms with van der Waals surface area (Å²) in [7, 11) is -3.64. The number of hydrogen-bond acceptors (Lipinski definition) is 3. The SMILES string of the molecule is CC[NH+]1CCN(c2ccc(NS(=O)(=O)c3cccc(Cl)c3)cc2)CC1. The maximum Gasteiger partial charge on any atom is 0.261 e. The van der Waals surface area contributed by atoms with E-state index in [-0.39, 0.29) is 4.90 Å². The maximum atomic E-state index is 12.4. The summed E-state index contributed by atoms with van der Waals surface area (Å²) in [4.78, 5) is 4.12. The Balaban J connectivity index is 1.68. The Bertz CT molecular complexity index is 816. The number of nitrogens with zero attached hydrogens (tertiary/aromatic N) is 1. The lowest BCUT2D eigenvalue weighted by molar-refractivity contribution is -0.898. The summed E-state index contributed by atoms with van der Waals surface area (Å²) in [5, 5.41) is 0.395. The van der Waals surface area contributed by atoms with Crippen LogP contribution in [0.3, 0.4) is 0 Å². The number of rotatable bonds is 5. The molecule has 0 amide bonds. The zero-order valence-electron chi connectivity index (χ0n) is 14.2. The maximum absolute atomic E-state index is 12.4. The summed E-state index contributed by atoms with van der Waals surface area (Å²) in [5.74, 6) is 0. The molecule has 7 heteroatoms. The van der Waals surface area contributed by atoms with Crippen LogP contribution in [-0.2, 0) is 10.0 Å². The van der Waals surface area contributed by atoms with Crippen LogP contribution in [0.4, 0.5) is 11.4 Å². The third kappa shape index (κ3) is 4.45. The summed E-state index contributed by atoms with van der Waals surface area (Å²) in [5.41, 5.74) is 1.67. The number of quaternary nitrogens is 1. The van der Waals surface area contributed by atoms with Gasteiger partial charge in [0.25, 0.3) is 10.0 Å². The van der Waals surface area contributed by atoms with Crippen LogP contribution in [-0.4, -0.2) is 41.1 Å². The molecule has 1 aliphatic heterocycles. The van der Waals surface area contributed by atoms with Crippen LogP contribution < -0.4 is 14.5 Å². The van der Waals surface area contributed by atoms with E-state index in [1.165, 1.54) is 12.1 Å². The second-order valence-corrected chi connectivity index (χ2v) is 8.32. The standard InChI is InChI=1S/C18H22ClN3O2S/c1-2-21-10-12-22(13-11-21)17-8-6-16(7-9-17)20-25(23,24)18-5-3-4-15(19)14-18/h3-9,14,20H,2,10-13H2,1H3/p+1. The Hall–Kier alpha value is -1.76. The van der Waals surface area contributed by atoms with Crippen molar-refractivity contribution in [3.05, 3.63) is 53.6 Å². The fourth-order valence-corrected chi connectivity index (χ4v) is 4.38. The highest BCUT2D eigenvalue weighted by molar-refractivity contribution is 7.92. The van der Waals surface area contributed by atoms with E-state index in [1.54, 1.807) is 29.2 Å². The molecule has 0 bridgehead atoms. The molecule has 0 saturated carbocycles. The van der Waals surface area contributed by atoms with Gasteiger partial charge in [-0.25, -0.2) is 8.42 Å². The van der Waals surface area contributed by atoms with Gasteiger partial charge in [-0.1, -0.05) is 17.7 Å². The molecule has 0 radical (unpaired) electrons. The summed E-state index contributed by atoms with van der Waals surface area (Å²) in [6.45, 7) is 7.71. The number of anilines is 2. The van der Waals surface area contributed by atoms with E-state index in [2.05, 4.69) is 16.5 Å². The second kappa shape index (κ2) is 7.64. The number of sulfonamides is 1. The van der Waals surface area contributed by atoms with Crippen LogP contribution in [0, 0.1) is 0 Å². The molecule has 1 fully saturated rings. The number of benzene rings is 2. The lowest BCUT2D eigenvalue weighted by Crippen LogP contribution is -3.14. The van der Waals surface area contributed by atoms with E-state index in [4.69, 9.17) is 11.6 Å². The smallest absolute Gasteiger partial charge is 0.261 e. The fourth-order valence-electron chi connectivity index (χ4n) is 3.02. The third-order valence-corrected chi connectivity index (χ3v) is 6.18. The molecule has 0 unspecified atom stereocenters. The lowest BCUT2D eigenvalue weighted by atomic mass is 10.2. The van der Waals surface area contributed by atoms with Gasteiger partial charge < -0.3 is 9.80 Å². The Morgan fingerprint density at radius 2 is 1.80 bits per heavy atom. The quantitative estimate of drug-likeness (QED) is 0.832. The van der Waals surface area contributed by atoms with Gasteiger partial charge in [-0.2, -0.15) is 0 Å². The van der Waals surface area contributed by atoms with Crippen LogP contribution in [0.5, 0.6) is 0 Å². The molecular weight excluding hydrogens is 358 g/mol. The van der Waals surface area contributed by atoms with Gasteiger partial charge in [-0.05, 0) is 49.4 Å². The molecule has 134 valence electrons. The first-order valence-electron chi connectivity index (χ1n) is 8.45. The molecule has 2 aromatic rings. The van der Waals surface area contributed by atoms with Crippen molar-refractivity contribution in [1.29, 1.82) is 0 Å². The minimum Gasteiger partial charge on any atom is -0.360 e. The number of halogens is 1. The van der Waals surface area contributed by atoms with Crippen LogP contribution in [0.1, 0.15) is 6.92 Å². The van der Waals surface area contributed by atoms with Crippen molar-refractivity contribution in [2.75, 3.05) is 42.3 Å². The van der Waals surface area contributed by atoms with Gasteiger partial charge in [0.05, 0.1) is 37.6 Å². The highest BCUT2D eigenvalue weighted by Gasteiger charge is 2.19. The normalized spacial score (nSPS) is 16.0. The summed E-state index contributed by atoms with van der Waals surface area (Å²) < 4.78 is 27.5. The van der Waals surface area contributed by atoms with Gasteiger partial charge in [0.15, 0.2) is 0 Å². The number of piperazine rings is 1. The first-order chi connectivity index (χ1) is 12.0. The predicted molar refractivity (Wildman–Crippen MR) is 102 cm³/mol. The van der Waals surface area contributed by atoms with E-state index in [1.807, 2.05) is 12.1 Å². The molecule has 3 rings (SSSR count). The van der Waals surface area contributed by atoms with Crippen molar-refractivity contribution in [3.8, 4) is 0 Å². The molecular formula is C18H23ClN3O2S+. The summed E-state index contributed by atoms with van der Waals surface area (Å²) >= 11 is 5.88. The molecule has 2 aromatic carbocycles. The van der Waals surface area contributed by atoms with Gasteiger partial charge >= 0.3 is 0 Å². The molecule has 0 aromatic heterocycles. The number of nitrogens with one attached hydrogen (secondary N) is 2. The van der Waals surface area contributed by atoms with E-state index in [0.29, 0.717) is 10.7 Å². The van der Waals surface area contributed by atoms with Crippen LogP contribution >= 0.6 is 11.6 Å². The number of likely N-dealkylation sites (N-methyl/N-ethyl adjacent to an activating group) is 1. The Labute approximate surface area is 154 Å². The van der Waals surface area contributed by atoms with Gasteiger partial charge in [0, 0.05) is 16.4 Å². The molecule has 2 N–H and O–H groups in total. The zero-order valence-corrected chi connectivity index (χ0v) is 15.8. The molecule has 1 heterocycles. The molecule has 0 atom stereocenters. The van der Waals surface area contributed by atoms with Crippen molar-refractivity contribution in [2.24, 2.45) is 0 Å². The van der Waals surface area contributed by atoms with Gasteiger partial charge in [-0.15, -0.1) is 0 Å². The van der Waals surface area contributed by atoms with E-state index in [0.717, 1.165) is 38.4 Å². The minimum atomic E-state index is -3.64. The Kier molecular flexibility index (Phi) is 5.51. The molecule has 1 saturated heterocycles. The van der Waals surface area contributed by atoms with Crippen molar-refractivity contribution >= 4 is 33.0 Å². The predicted octanol–water partition coefficient (Wildman–Crippen LogP) is 1.87. The van der Waals surface area contributed by atoms with Gasteiger partial charge in [-0.3, -0.25) is 4.72 Å². The van der Waals surface area contributed by atoms with Crippen molar-refractivity contribution in [1.82, 2.24) is 0 Å². The van der Waals surface area contributed by atoms with E-state index in [9.17, 15) is 8.42 Å². The molecule has 5 nitrogen and oxygen atoms in total. The molecule has 25 heavy (non-hydrogen) atoms.